The van der Waals surface area contributed by atoms with E-state index in [1.807, 2.05) is 42.5 Å². The highest BCUT2D eigenvalue weighted by atomic mass is 35.5. The van der Waals surface area contributed by atoms with E-state index in [0.717, 1.165) is 24.3 Å². The number of ether oxygens (including phenoxy) is 1. The predicted octanol–water partition coefficient (Wildman–Crippen LogP) is 4.51. The number of hydrogen-bond acceptors (Lipinski definition) is 3. The monoisotopic (exact) mass is 355 g/mol. The van der Waals surface area contributed by atoms with Gasteiger partial charge in [0, 0.05) is 23.0 Å². The normalized spacial score (nSPS) is 28.7. The number of piperidine rings is 1. The van der Waals surface area contributed by atoms with E-state index in [4.69, 9.17) is 16.3 Å². The quantitative estimate of drug-likeness (QED) is 0.599. The molecule has 3 unspecified atom stereocenters. The van der Waals surface area contributed by atoms with Gasteiger partial charge in [0.25, 0.3) is 0 Å². The first-order chi connectivity index (χ1) is 12.1. The molecule has 2 aliphatic heterocycles. The number of rotatable bonds is 3. The second-order valence-electron chi connectivity index (χ2n) is 7.12. The zero-order valence-corrected chi connectivity index (χ0v) is 15.0. The van der Waals surface area contributed by atoms with Crippen molar-refractivity contribution in [3.05, 3.63) is 65.2 Å². The maximum atomic E-state index is 13.1. The largest absolute Gasteiger partial charge is 0.426 e. The van der Waals surface area contributed by atoms with E-state index in [0.29, 0.717) is 11.8 Å². The van der Waals surface area contributed by atoms with Crippen LogP contribution in [-0.2, 0) is 4.79 Å². The van der Waals surface area contributed by atoms with Crippen molar-refractivity contribution in [2.45, 2.75) is 37.3 Å². The smallest absolute Gasteiger partial charge is 0.316 e. The van der Waals surface area contributed by atoms with E-state index in [1.54, 1.807) is 0 Å². The van der Waals surface area contributed by atoms with Gasteiger partial charge in [0.15, 0.2) is 0 Å². The average molecular weight is 356 g/mol. The van der Waals surface area contributed by atoms with Crippen molar-refractivity contribution in [1.29, 1.82) is 0 Å². The third kappa shape index (κ3) is 3.19. The third-order valence-corrected chi connectivity index (χ3v) is 6.05. The fourth-order valence-corrected chi connectivity index (χ4v) is 4.64. The lowest BCUT2D eigenvalue weighted by Gasteiger charge is -2.41. The molecule has 0 radical (unpaired) electrons. The van der Waals surface area contributed by atoms with Gasteiger partial charge in [-0.25, -0.2) is 0 Å². The lowest BCUT2D eigenvalue weighted by molar-refractivity contribution is -0.143. The molecule has 2 saturated heterocycles. The Morgan fingerprint density at radius 3 is 2.52 bits per heavy atom. The number of hydrogen-bond donors (Lipinski definition) is 0. The van der Waals surface area contributed by atoms with Crippen molar-refractivity contribution in [3.63, 3.8) is 0 Å². The number of benzene rings is 2. The minimum absolute atomic E-state index is 0.122. The van der Waals surface area contributed by atoms with E-state index >= 15 is 0 Å². The predicted molar refractivity (Wildman–Crippen MR) is 99.0 cm³/mol. The van der Waals surface area contributed by atoms with Crippen LogP contribution in [-0.4, -0.2) is 30.0 Å². The van der Waals surface area contributed by atoms with Crippen LogP contribution in [0, 0.1) is 5.92 Å². The van der Waals surface area contributed by atoms with Gasteiger partial charge in [0.05, 0.1) is 5.92 Å². The first-order valence-corrected chi connectivity index (χ1v) is 9.25. The van der Waals surface area contributed by atoms with E-state index in [9.17, 15) is 4.79 Å². The number of halogens is 1. The van der Waals surface area contributed by atoms with Crippen molar-refractivity contribution >= 4 is 17.6 Å². The van der Waals surface area contributed by atoms with Gasteiger partial charge in [-0.1, -0.05) is 41.9 Å². The Labute approximate surface area is 153 Å². The fraction of sp³-hybridized carbons (Fsp3) is 0.381. The van der Waals surface area contributed by atoms with Gasteiger partial charge in [0.1, 0.15) is 5.75 Å². The van der Waals surface area contributed by atoms with Gasteiger partial charge in [-0.15, -0.1) is 0 Å². The van der Waals surface area contributed by atoms with E-state index in [1.165, 1.54) is 5.56 Å². The number of nitrogens with zero attached hydrogens (tertiary/aromatic N) is 1. The molecule has 2 bridgehead atoms. The Balaban J connectivity index is 1.64. The lowest BCUT2D eigenvalue weighted by atomic mass is 9.76. The fourth-order valence-electron chi connectivity index (χ4n) is 4.51. The summed E-state index contributed by atoms with van der Waals surface area (Å²) in [5.74, 6) is 0.529. The Morgan fingerprint density at radius 1 is 1.08 bits per heavy atom. The molecule has 0 spiro atoms. The van der Waals surface area contributed by atoms with Crippen LogP contribution in [0.15, 0.2) is 54.6 Å². The second kappa shape index (κ2) is 6.81. The van der Waals surface area contributed by atoms with Crippen molar-refractivity contribution in [1.82, 2.24) is 4.90 Å². The first kappa shape index (κ1) is 16.6. The average Bonchev–Trinajstić information content (AvgIpc) is 2.86. The lowest BCUT2D eigenvalue weighted by Crippen LogP contribution is -2.49. The van der Waals surface area contributed by atoms with Crippen LogP contribution in [0.25, 0.3) is 0 Å². The van der Waals surface area contributed by atoms with Gasteiger partial charge >= 0.3 is 5.97 Å². The molecule has 130 valence electrons. The minimum atomic E-state index is -0.148. The van der Waals surface area contributed by atoms with Crippen LogP contribution in [0.1, 0.15) is 30.7 Å². The van der Waals surface area contributed by atoms with Crippen LogP contribution in [0.4, 0.5) is 0 Å². The van der Waals surface area contributed by atoms with Crippen LogP contribution >= 0.6 is 11.6 Å². The van der Waals surface area contributed by atoms with Crippen LogP contribution < -0.4 is 4.74 Å². The molecule has 2 aliphatic rings. The molecule has 0 aliphatic carbocycles. The summed E-state index contributed by atoms with van der Waals surface area (Å²) in [6.07, 6.45) is 3.20. The van der Waals surface area contributed by atoms with Gasteiger partial charge < -0.3 is 4.74 Å². The third-order valence-electron chi connectivity index (χ3n) is 5.80. The Bertz CT molecular complexity index is 746. The topological polar surface area (TPSA) is 29.5 Å². The summed E-state index contributed by atoms with van der Waals surface area (Å²) in [7, 11) is 2.14. The summed E-state index contributed by atoms with van der Waals surface area (Å²) in [6.45, 7) is 0. The zero-order valence-electron chi connectivity index (χ0n) is 14.3. The highest BCUT2D eigenvalue weighted by Crippen LogP contribution is 2.46. The summed E-state index contributed by atoms with van der Waals surface area (Å²) in [4.78, 5) is 15.5. The Hall–Kier alpha value is -1.84. The SMILES string of the molecule is CN1C2CCC1C(C(=O)Oc1ccccc1)[C@@H](c1ccc(Cl)cc1)C2. The molecule has 2 aromatic rings. The van der Waals surface area contributed by atoms with Crippen molar-refractivity contribution < 1.29 is 9.53 Å². The summed E-state index contributed by atoms with van der Waals surface area (Å²) in [6, 6.07) is 18.1. The van der Waals surface area contributed by atoms with Crippen molar-refractivity contribution in [2.24, 2.45) is 5.92 Å². The molecular formula is C21H22ClNO2. The number of carbonyl (C=O) groups is 1. The molecule has 25 heavy (non-hydrogen) atoms. The Kier molecular flexibility index (Phi) is 4.53. The number of carbonyl (C=O) groups excluding carboxylic acids is 1. The maximum Gasteiger partial charge on any atom is 0.316 e. The van der Waals surface area contributed by atoms with E-state index in [2.05, 4.69) is 24.1 Å². The molecule has 0 amide bonds. The molecule has 0 aromatic heterocycles. The van der Waals surface area contributed by atoms with Crippen LogP contribution in [0.3, 0.4) is 0 Å². The molecule has 4 atom stereocenters. The van der Waals surface area contributed by atoms with Gasteiger partial charge in [-0.05, 0) is 56.1 Å². The maximum absolute atomic E-state index is 13.1. The molecule has 0 N–H and O–H groups in total. The molecule has 2 aromatic carbocycles. The van der Waals surface area contributed by atoms with Crippen molar-refractivity contribution in [3.8, 4) is 5.75 Å². The summed E-state index contributed by atoms with van der Waals surface area (Å²) >= 11 is 6.05. The number of para-hydroxylation sites is 1. The van der Waals surface area contributed by atoms with E-state index < -0.39 is 0 Å². The summed E-state index contributed by atoms with van der Waals surface area (Å²) < 4.78 is 5.74. The van der Waals surface area contributed by atoms with Gasteiger partial charge in [0.2, 0.25) is 0 Å². The number of fused-ring (bicyclic) bond motifs is 2. The standard InChI is InChI=1S/C21H22ClNO2/c1-23-16-11-12-19(23)20(21(24)25-17-5-3-2-4-6-17)18(13-16)14-7-9-15(22)10-8-14/h2-10,16,18-20H,11-13H2,1H3/t16?,18-,19?,20?/m1/s1. The highest BCUT2D eigenvalue weighted by molar-refractivity contribution is 6.30. The van der Waals surface area contributed by atoms with Gasteiger partial charge in [-0.2, -0.15) is 0 Å². The molecule has 0 saturated carbocycles. The molecule has 3 nitrogen and oxygen atoms in total. The number of esters is 1. The molecule has 2 fully saturated rings. The van der Waals surface area contributed by atoms with Crippen molar-refractivity contribution in [2.75, 3.05) is 7.05 Å². The first-order valence-electron chi connectivity index (χ1n) is 8.87. The van der Waals surface area contributed by atoms with Crippen LogP contribution in [0.2, 0.25) is 5.02 Å². The summed E-state index contributed by atoms with van der Waals surface area (Å²) in [5.41, 5.74) is 1.18. The highest BCUT2D eigenvalue weighted by Gasteiger charge is 2.49. The molecule has 4 rings (SSSR count). The van der Waals surface area contributed by atoms with E-state index in [-0.39, 0.29) is 23.8 Å². The minimum Gasteiger partial charge on any atom is -0.426 e. The zero-order chi connectivity index (χ0) is 17.4. The molecular weight excluding hydrogens is 334 g/mol. The van der Waals surface area contributed by atoms with Gasteiger partial charge in [-0.3, -0.25) is 9.69 Å². The molecule has 4 heteroatoms. The second-order valence-corrected chi connectivity index (χ2v) is 7.55. The molecule has 2 heterocycles. The summed E-state index contributed by atoms with van der Waals surface area (Å²) in [5, 5.41) is 0.725. The van der Waals surface area contributed by atoms with Crippen LogP contribution in [0.5, 0.6) is 5.75 Å². The Morgan fingerprint density at radius 2 is 1.80 bits per heavy atom.